The van der Waals surface area contributed by atoms with Crippen LogP contribution in [0.4, 0.5) is 5.69 Å². The molecule has 6 heteroatoms. The standard InChI is InChI=1S/C22H18Cl2N2O2/c23-16-10-11-19(24)18(14-16)22(28)26-20-9-5-4-8-17(20)21(27)25-13-12-15-6-2-1-3-7-15/h1-11,14H,12-13H2,(H,25,27)(H,26,28). The van der Waals surface area contributed by atoms with Crippen molar-refractivity contribution < 1.29 is 9.59 Å². The van der Waals surface area contributed by atoms with Gasteiger partial charge < -0.3 is 10.6 Å². The smallest absolute Gasteiger partial charge is 0.257 e. The van der Waals surface area contributed by atoms with Crippen LogP contribution >= 0.6 is 23.2 Å². The molecule has 0 heterocycles. The molecule has 0 aliphatic heterocycles. The van der Waals surface area contributed by atoms with E-state index in [0.717, 1.165) is 12.0 Å². The monoisotopic (exact) mass is 412 g/mol. The van der Waals surface area contributed by atoms with Crippen LogP contribution in [0.1, 0.15) is 26.3 Å². The van der Waals surface area contributed by atoms with E-state index in [1.165, 1.54) is 6.07 Å². The van der Waals surface area contributed by atoms with Crippen molar-refractivity contribution in [2.24, 2.45) is 0 Å². The van der Waals surface area contributed by atoms with Gasteiger partial charge >= 0.3 is 0 Å². The molecule has 0 aliphatic carbocycles. The first kappa shape index (κ1) is 19.9. The minimum Gasteiger partial charge on any atom is -0.352 e. The fourth-order valence-corrected chi connectivity index (χ4v) is 3.09. The molecule has 3 aromatic rings. The van der Waals surface area contributed by atoms with Crippen LogP contribution in [0, 0.1) is 0 Å². The normalized spacial score (nSPS) is 10.4. The third-order valence-electron chi connectivity index (χ3n) is 4.13. The second-order valence-corrected chi connectivity index (χ2v) is 6.96. The molecular weight excluding hydrogens is 395 g/mol. The van der Waals surface area contributed by atoms with Crippen molar-refractivity contribution in [3.63, 3.8) is 0 Å². The summed E-state index contributed by atoms with van der Waals surface area (Å²) in [5, 5.41) is 6.31. The van der Waals surface area contributed by atoms with Gasteiger partial charge in [0.15, 0.2) is 0 Å². The van der Waals surface area contributed by atoms with Gasteiger partial charge in [-0.05, 0) is 42.3 Å². The first-order valence-corrected chi connectivity index (χ1v) is 9.48. The molecule has 0 radical (unpaired) electrons. The molecule has 0 fully saturated rings. The van der Waals surface area contributed by atoms with Crippen LogP contribution in [0.25, 0.3) is 0 Å². The third kappa shape index (κ3) is 5.12. The highest BCUT2D eigenvalue weighted by molar-refractivity contribution is 6.36. The number of benzene rings is 3. The van der Waals surface area contributed by atoms with E-state index in [1.807, 2.05) is 30.3 Å². The van der Waals surface area contributed by atoms with Gasteiger partial charge in [0.25, 0.3) is 11.8 Å². The summed E-state index contributed by atoms with van der Waals surface area (Å²) in [6.07, 6.45) is 0.721. The van der Waals surface area contributed by atoms with E-state index in [1.54, 1.807) is 36.4 Å². The Morgan fingerprint density at radius 2 is 1.50 bits per heavy atom. The van der Waals surface area contributed by atoms with Gasteiger partial charge in [0.2, 0.25) is 0 Å². The highest BCUT2D eigenvalue weighted by atomic mass is 35.5. The molecule has 0 saturated heterocycles. The van der Waals surface area contributed by atoms with E-state index >= 15 is 0 Å². The fourth-order valence-electron chi connectivity index (χ4n) is 2.71. The van der Waals surface area contributed by atoms with Crippen molar-refractivity contribution in [1.29, 1.82) is 0 Å². The van der Waals surface area contributed by atoms with Crippen molar-refractivity contribution in [2.75, 3.05) is 11.9 Å². The summed E-state index contributed by atoms with van der Waals surface area (Å²) in [5.74, 6) is -0.693. The van der Waals surface area contributed by atoms with Crippen molar-refractivity contribution in [1.82, 2.24) is 5.32 Å². The lowest BCUT2D eigenvalue weighted by molar-refractivity contribution is 0.0955. The van der Waals surface area contributed by atoms with Crippen molar-refractivity contribution in [2.45, 2.75) is 6.42 Å². The van der Waals surface area contributed by atoms with Crippen molar-refractivity contribution >= 4 is 40.7 Å². The van der Waals surface area contributed by atoms with Crippen molar-refractivity contribution in [3.05, 3.63) is 99.5 Å². The summed E-state index contributed by atoms with van der Waals surface area (Å²) < 4.78 is 0. The number of para-hydroxylation sites is 1. The second-order valence-electron chi connectivity index (χ2n) is 6.12. The molecule has 0 bridgehead atoms. The van der Waals surface area contributed by atoms with Gasteiger partial charge in [-0.3, -0.25) is 9.59 Å². The SMILES string of the molecule is O=C(Nc1ccccc1C(=O)NCCc1ccccc1)c1cc(Cl)ccc1Cl. The topological polar surface area (TPSA) is 58.2 Å². The number of rotatable bonds is 6. The quantitative estimate of drug-likeness (QED) is 0.582. The lowest BCUT2D eigenvalue weighted by Crippen LogP contribution is -2.27. The van der Waals surface area contributed by atoms with Crippen molar-refractivity contribution in [3.8, 4) is 0 Å². The Bertz CT molecular complexity index is 991. The highest BCUT2D eigenvalue weighted by Gasteiger charge is 2.16. The highest BCUT2D eigenvalue weighted by Crippen LogP contribution is 2.23. The maximum atomic E-state index is 12.6. The van der Waals surface area contributed by atoms with E-state index in [0.29, 0.717) is 22.8 Å². The largest absolute Gasteiger partial charge is 0.352 e. The summed E-state index contributed by atoms with van der Waals surface area (Å²) in [6.45, 7) is 0.491. The number of nitrogens with one attached hydrogen (secondary N) is 2. The average Bonchev–Trinajstić information content (AvgIpc) is 2.71. The van der Waals surface area contributed by atoms with E-state index in [9.17, 15) is 9.59 Å². The number of anilines is 1. The first-order valence-electron chi connectivity index (χ1n) is 8.72. The number of carbonyl (C=O) groups excluding carboxylic acids is 2. The number of hydrogen-bond donors (Lipinski definition) is 2. The molecule has 4 nitrogen and oxygen atoms in total. The molecule has 2 N–H and O–H groups in total. The van der Waals surface area contributed by atoms with Crippen LogP contribution in [-0.2, 0) is 6.42 Å². The fraction of sp³-hybridized carbons (Fsp3) is 0.0909. The first-order chi connectivity index (χ1) is 13.5. The summed E-state index contributed by atoms with van der Waals surface area (Å²) in [4.78, 5) is 25.2. The zero-order valence-electron chi connectivity index (χ0n) is 14.9. The van der Waals surface area contributed by atoms with Crippen LogP contribution in [0.2, 0.25) is 10.0 Å². The summed E-state index contributed by atoms with van der Waals surface area (Å²) >= 11 is 12.0. The van der Waals surface area contributed by atoms with Crippen LogP contribution in [0.3, 0.4) is 0 Å². The lowest BCUT2D eigenvalue weighted by atomic mass is 10.1. The molecule has 2 amide bonds. The molecule has 0 spiro atoms. The Morgan fingerprint density at radius 3 is 2.29 bits per heavy atom. The maximum absolute atomic E-state index is 12.6. The minimum atomic E-state index is -0.433. The Hall–Kier alpha value is -2.82. The van der Waals surface area contributed by atoms with Crippen LogP contribution in [0.5, 0.6) is 0 Å². The number of amides is 2. The Balaban J connectivity index is 1.69. The van der Waals surface area contributed by atoms with Crippen LogP contribution < -0.4 is 10.6 Å². The molecule has 3 rings (SSSR count). The van der Waals surface area contributed by atoms with Gasteiger partial charge in [0.05, 0.1) is 21.8 Å². The van der Waals surface area contributed by atoms with Gasteiger partial charge in [-0.25, -0.2) is 0 Å². The maximum Gasteiger partial charge on any atom is 0.257 e. The van der Waals surface area contributed by atoms with Gasteiger partial charge in [-0.2, -0.15) is 0 Å². The van der Waals surface area contributed by atoms with Crippen LogP contribution in [-0.4, -0.2) is 18.4 Å². The molecule has 0 saturated carbocycles. The molecule has 142 valence electrons. The number of carbonyl (C=O) groups is 2. The van der Waals surface area contributed by atoms with E-state index in [-0.39, 0.29) is 16.5 Å². The zero-order chi connectivity index (χ0) is 19.9. The Morgan fingerprint density at radius 1 is 0.786 bits per heavy atom. The molecule has 28 heavy (non-hydrogen) atoms. The molecule has 0 aromatic heterocycles. The molecule has 0 atom stereocenters. The third-order valence-corrected chi connectivity index (χ3v) is 4.70. The van der Waals surface area contributed by atoms with Gasteiger partial charge in [-0.1, -0.05) is 65.7 Å². The summed E-state index contributed by atoms with van der Waals surface area (Å²) in [6, 6.07) is 21.4. The molecular formula is C22H18Cl2N2O2. The number of hydrogen-bond acceptors (Lipinski definition) is 2. The molecule has 0 unspecified atom stereocenters. The minimum absolute atomic E-state index is 0.244. The van der Waals surface area contributed by atoms with E-state index in [2.05, 4.69) is 10.6 Å². The Labute approximate surface area is 173 Å². The molecule has 0 aliphatic rings. The van der Waals surface area contributed by atoms with E-state index in [4.69, 9.17) is 23.2 Å². The van der Waals surface area contributed by atoms with Crippen LogP contribution in [0.15, 0.2) is 72.8 Å². The zero-order valence-corrected chi connectivity index (χ0v) is 16.4. The summed E-state index contributed by atoms with van der Waals surface area (Å²) in [7, 11) is 0. The molecule has 3 aromatic carbocycles. The number of halogens is 2. The average molecular weight is 413 g/mol. The van der Waals surface area contributed by atoms with Gasteiger partial charge in [-0.15, -0.1) is 0 Å². The summed E-state index contributed by atoms with van der Waals surface area (Å²) in [5.41, 5.74) is 2.16. The predicted molar refractivity (Wildman–Crippen MR) is 113 cm³/mol. The predicted octanol–water partition coefficient (Wildman–Crippen LogP) is 5.22. The lowest BCUT2D eigenvalue weighted by Gasteiger charge is -2.12. The van der Waals surface area contributed by atoms with Gasteiger partial charge in [0, 0.05) is 11.6 Å². The van der Waals surface area contributed by atoms with Gasteiger partial charge in [0.1, 0.15) is 0 Å². The Kier molecular flexibility index (Phi) is 6.69. The second kappa shape index (κ2) is 9.40. The van der Waals surface area contributed by atoms with E-state index < -0.39 is 5.91 Å².